The predicted molar refractivity (Wildman–Crippen MR) is 80.3 cm³/mol. The van der Waals surface area contributed by atoms with Crippen LogP contribution in [0.1, 0.15) is 17.1 Å². The van der Waals surface area contributed by atoms with E-state index in [2.05, 4.69) is 10.1 Å². The molecular weight excluding hydrogens is 323 g/mol. The molecule has 2 aromatic heterocycles. The summed E-state index contributed by atoms with van der Waals surface area (Å²) in [7, 11) is 1.48. The SMILES string of the molecule is Cc1cc(CN(C)c2oc(-c3ccccc3)nc2C(F)(F)F)no1. The molecule has 0 aliphatic carbocycles. The van der Waals surface area contributed by atoms with Crippen molar-refractivity contribution in [2.24, 2.45) is 0 Å². The summed E-state index contributed by atoms with van der Waals surface area (Å²) in [6.45, 7) is 1.81. The molecule has 0 saturated heterocycles. The average Bonchev–Trinajstić information content (AvgIpc) is 3.14. The molecule has 5 nitrogen and oxygen atoms in total. The summed E-state index contributed by atoms with van der Waals surface area (Å²) in [5.41, 5.74) is -0.0928. The van der Waals surface area contributed by atoms with E-state index in [1.54, 1.807) is 43.3 Å². The van der Waals surface area contributed by atoms with Crippen LogP contribution in [0.3, 0.4) is 0 Å². The number of nitrogens with zero attached hydrogens (tertiary/aromatic N) is 3. The molecule has 0 radical (unpaired) electrons. The summed E-state index contributed by atoms with van der Waals surface area (Å²) in [6.07, 6.45) is -4.63. The number of alkyl halides is 3. The van der Waals surface area contributed by atoms with E-state index in [9.17, 15) is 13.2 Å². The first-order valence-electron chi connectivity index (χ1n) is 7.11. The van der Waals surface area contributed by atoms with Crippen LogP contribution in [-0.4, -0.2) is 17.2 Å². The Bertz CT molecular complexity index is 825. The van der Waals surface area contributed by atoms with Crippen LogP contribution in [0.4, 0.5) is 19.1 Å². The Morgan fingerprint density at radius 2 is 1.88 bits per heavy atom. The maximum absolute atomic E-state index is 13.3. The maximum atomic E-state index is 13.3. The van der Waals surface area contributed by atoms with Gasteiger partial charge in [0.15, 0.2) is 0 Å². The topological polar surface area (TPSA) is 55.3 Å². The second-order valence-corrected chi connectivity index (χ2v) is 5.32. The number of anilines is 1. The van der Waals surface area contributed by atoms with Gasteiger partial charge in [0.05, 0.1) is 6.54 Å². The quantitative estimate of drug-likeness (QED) is 0.711. The van der Waals surface area contributed by atoms with Crippen LogP contribution in [0.5, 0.6) is 0 Å². The zero-order valence-electron chi connectivity index (χ0n) is 13.0. The standard InChI is InChI=1S/C16H14F3N3O2/c1-10-8-12(21-24-10)9-22(2)15-13(16(17,18)19)20-14(23-15)11-6-4-3-5-7-11/h3-8H,9H2,1-2H3. The average molecular weight is 337 g/mol. The van der Waals surface area contributed by atoms with Crippen molar-refractivity contribution in [3.05, 3.63) is 53.5 Å². The van der Waals surface area contributed by atoms with E-state index >= 15 is 0 Å². The Morgan fingerprint density at radius 1 is 1.17 bits per heavy atom. The van der Waals surface area contributed by atoms with Gasteiger partial charge < -0.3 is 13.8 Å². The highest BCUT2D eigenvalue weighted by Gasteiger charge is 2.40. The monoisotopic (exact) mass is 337 g/mol. The van der Waals surface area contributed by atoms with Crippen molar-refractivity contribution in [2.45, 2.75) is 19.6 Å². The summed E-state index contributed by atoms with van der Waals surface area (Å²) in [5, 5.41) is 3.78. The fraction of sp³-hybridized carbons (Fsp3) is 0.250. The highest BCUT2D eigenvalue weighted by atomic mass is 19.4. The number of halogens is 3. The summed E-state index contributed by atoms with van der Waals surface area (Å²) < 4.78 is 50.2. The minimum Gasteiger partial charge on any atom is -0.420 e. The molecule has 0 bridgehead atoms. The molecule has 0 spiro atoms. The highest BCUT2D eigenvalue weighted by Crippen LogP contribution is 2.39. The van der Waals surface area contributed by atoms with E-state index < -0.39 is 11.9 Å². The molecule has 0 unspecified atom stereocenters. The molecule has 3 rings (SSSR count). The first-order chi connectivity index (χ1) is 11.3. The number of benzene rings is 1. The van der Waals surface area contributed by atoms with Gasteiger partial charge in [-0.05, 0) is 19.1 Å². The molecule has 24 heavy (non-hydrogen) atoms. The molecule has 126 valence electrons. The summed E-state index contributed by atoms with van der Waals surface area (Å²) in [6, 6.07) is 10.1. The molecule has 0 fully saturated rings. The normalized spacial score (nSPS) is 11.7. The van der Waals surface area contributed by atoms with Crippen molar-refractivity contribution < 1.29 is 22.1 Å². The minimum absolute atomic E-state index is 0.0823. The van der Waals surface area contributed by atoms with Crippen molar-refractivity contribution in [3.63, 3.8) is 0 Å². The van der Waals surface area contributed by atoms with Crippen molar-refractivity contribution >= 4 is 5.88 Å². The Kier molecular flexibility index (Phi) is 4.04. The van der Waals surface area contributed by atoms with Crippen molar-refractivity contribution in [1.82, 2.24) is 10.1 Å². The third kappa shape index (κ3) is 3.27. The van der Waals surface area contributed by atoms with Crippen molar-refractivity contribution in [2.75, 3.05) is 11.9 Å². The lowest BCUT2D eigenvalue weighted by Gasteiger charge is -2.16. The smallest absolute Gasteiger partial charge is 0.420 e. The van der Waals surface area contributed by atoms with E-state index in [0.29, 0.717) is 17.0 Å². The number of hydrogen-bond donors (Lipinski definition) is 0. The third-order valence-electron chi connectivity index (χ3n) is 3.32. The lowest BCUT2D eigenvalue weighted by atomic mass is 10.2. The van der Waals surface area contributed by atoms with Crippen LogP contribution in [-0.2, 0) is 12.7 Å². The van der Waals surface area contributed by atoms with Crippen LogP contribution in [0, 0.1) is 6.92 Å². The van der Waals surface area contributed by atoms with Crippen molar-refractivity contribution in [1.29, 1.82) is 0 Å². The van der Waals surface area contributed by atoms with Crippen LogP contribution in [0.15, 0.2) is 45.3 Å². The number of rotatable bonds is 4. The zero-order valence-corrected chi connectivity index (χ0v) is 13.0. The van der Waals surface area contributed by atoms with Gasteiger partial charge in [-0.3, -0.25) is 0 Å². The largest absolute Gasteiger partial charge is 0.438 e. The molecule has 3 aromatic rings. The van der Waals surface area contributed by atoms with Crippen molar-refractivity contribution in [3.8, 4) is 11.5 Å². The van der Waals surface area contributed by atoms with Gasteiger partial charge >= 0.3 is 6.18 Å². The van der Waals surface area contributed by atoms with Crippen LogP contribution >= 0.6 is 0 Å². The van der Waals surface area contributed by atoms with Gasteiger partial charge in [-0.15, -0.1) is 0 Å². The van der Waals surface area contributed by atoms with E-state index in [-0.39, 0.29) is 18.3 Å². The highest BCUT2D eigenvalue weighted by molar-refractivity contribution is 5.57. The molecule has 2 heterocycles. The first-order valence-corrected chi connectivity index (χ1v) is 7.11. The molecule has 0 amide bonds. The maximum Gasteiger partial charge on any atom is 0.438 e. The van der Waals surface area contributed by atoms with E-state index in [0.717, 1.165) is 0 Å². The molecule has 0 N–H and O–H groups in total. The molecule has 0 saturated carbocycles. The first kappa shape index (κ1) is 16.1. The summed E-state index contributed by atoms with van der Waals surface area (Å²) in [4.78, 5) is 4.95. The van der Waals surface area contributed by atoms with Crippen LogP contribution in [0.2, 0.25) is 0 Å². The Morgan fingerprint density at radius 3 is 2.46 bits per heavy atom. The van der Waals surface area contributed by atoms with Gasteiger partial charge in [0, 0.05) is 18.7 Å². The molecule has 0 aliphatic rings. The van der Waals surface area contributed by atoms with Gasteiger partial charge in [0.2, 0.25) is 17.5 Å². The molecular formula is C16H14F3N3O2. The Hall–Kier alpha value is -2.77. The number of aryl methyl sites for hydroxylation is 1. The van der Waals surface area contributed by atoms with E-state index in [1.807, 2.05) is 0 Å². The predicted octanol–water partition coefficient (Wildman–Crippen LogP) is 4.29. The lowest BCUT2D eigenvalue weighted by Crippen LogP contribution is -2.20. The number of oxazole rings is 1. The van der Waals surface area contributed by atoms with Gasteiger partial charge in [-0.1, -0.05) is 23.4 Å². The van der Waals surface area contributed by atoms with E-state index in [4.69, 9.17) is 8.94 Å². The molecule has 8 heteroatoms. The lowest BCUT2D eigenvalue weighted by molar-refractivity contribution is -0.140. The molecule has 1 aromatic carbocycles. The number of hydrogen-bond acceptors (Lipinski definition) is 5. The zero-order chi connectivity index (χ0) is 17.3. The van der Waals surface area contributed by atoms with Crippen LogP contribution in [0.25, 0.3) is 11.5 Å². The Balaban J connectivity index is 1.97. The van der Waals surface area contributed by atoms with Gasteiger partial charge in [0.25, 0.3) is 0 Å². The van der Waals surface area contributed by atoms with Gasteiger partial charge in [-0.25, -0.2) is 4.98 Å². The fourth-order valence-electron chi connectivity index (χ4n) is 2.27. The summed E-state index contributed by atoms with van der Waals surface area (Å²) >= 11 is 0. The minimum atomic E-state index is -4.63. The third-order valence-corrected chi connectivity index (χ3v) is 3.32. The van der Waals surface area contributed by atoms with Gasteiger partial charge in [-0.2, -0.15) is 13.2 Å². The number of aromatic nitrogens is 2. The fourth-order valence-corrected chi connectivity index (χ4v) is 2.27. The van der Waals surface area contributed by atoms with Gasteiger partial charge in [0.1, 0.15) is 11.5 Å². The Labute approximate surface area is 135 Å². The van der Waals surface area contributed by atoms with E-state index in [1.165, 1.54) is 11.9 Å². The second kappa shape index (κ2) is 6.03. The second-order valence-electron chi connectivity index (χ2n) is 5.32. The summed E-state index contributed by atoms with van der Waals surface area (Å²) in [5.74, 6) is 0.139. The van der Waals surface area contributed by atoms with Crippen LogP contribution < -0.4 is 4.90 Å². The molecule has 0 atom stereocenters. The molecule has 0 aliphatic heterocycles.